The van der Waals surface area contributed by atoms with Crippen molar-refractivity contribution in [2.24, 2.45) is 0 Å². The van der Waals surface area contributed by atoms with Crippen molar-refractivity contribution in [1.82, 2.24) is 14.8 Å². The lowest BCUT2D eigenvalue weighted by molar-refractivity contribution is 0.0526. The highest BCUT2D eigenvalue weighted by atomic mass is 16.5. The zero-order valence-electron chi connectivity index (χ0n) is 23.5. The normalized spacial score (nSPS) is 15.3. The number of aryl methyl sites for hydroxylation is 1. The zero-order valence-corrected chi connectivity index (χ0v) is 23.5. The van der Waals surface area contributed by atoms with Crippen molar-refractivity contribution in [2.45, 2.75) is 19.9 Å². The largest absolute Gasteiger partial charge is 0.507 e. The number of benzene rings is 3. The van der Waals surface area contributed by atoms with Gasteiger partial charge in [0.15, 0.2) is 0 Å². The fourth-order valence-corrected chi connectivity index (χ4v) is 5.76. The number of piperazine rings is 1. The summed E-state index contributed by atoms with van der Waals surface area (Å²) in [5.74, 6) is 1.22. The summed E-state index contributed by atoms with van der Waals surface area (Å²) in [7, 11) is 2.11. The van der Waals surface area contributed by atoms with Gasteiger partial charge in [-0.3, -0.25) is 4.90 Å². The van der Waals surface area contributed by atoms with Crippen molar-refractivity contribution >= 4 is 27.7 Å². The highest BCUT2D eigenvalue weighted by Crippen LogP contribution is 2.47. The van der Waals surface area contributed by atoms with E-state index in [0.29, 0.717) is 44.9 Å². The second-order valence-corrected chi connectivity index (χ2v) is 10.4. The molecule has 5 aromatic rings. The number of pyridine rings is 1. The molecule has 0 bridgehead atoms. The van der Waals surface area contributed by atoms with Crippen LogP contribution in [0.2, 0.25) is 0 Å². The summed E-state index contributed by atoms with van der Waals surface area (Å²) in [6.07, 6.45) is 1.72. The Morgan fingerprint density at radius 3 is 2.46 bits per heavy atom. The van der Waals surface area contributed by atoms with Crippen LogP contribution >= 0.6 is 0 Å². The summed E-state index contributed by atoms with van der Waals surface area (Å²) >= 11 is 0. The van der Waals surface area contributed by atoms with Crippen LogP contribution in [0.1, 0.15) is 40.2 Å². The minimum atomic E-state index is -0.473. The molecule has 8 heteroatoms. The molecule has 1 unspecified atom stereocenters. The Morgan fingerprint density at radius 1 is 1.02 bits per heavy atom. The van der Waals surface area contributed by atoms with Gasteiger partial charge in [-0.05, 0) is 44.7 Å². The highest BCUT2D eigenvalue weighted by molar-refractivity contribution is 6.16. The molecule has 2 aromatic heterocycles. The lowest BCUT2D eigenvalue weighted by Crippen LogP contribution is -2.46. The zero-order chi connectivity index (χ0) is 28.5. The Kier molecular flexibility index (Phi) is 7.34. The number of phenols is 1. The maximum atomic E-state index is 13.4. The Bertz CT molecular complexity index is 1710. The van der Waals surface area contributed by atoms with Gasteiger partial charge in [-0.1, -0.05) is 42.5 Å². The van der Waals surface area contributed by atoms with Crippen LogP contribution in [0.4, 0.5) is 0 Å². The monoisotopic (exact) mass is 551 g/mol. The van der Waals surface area contributed by atoms with E-state index in [-0.39, 0.29) is 12.4 Å². The van der Waals surface area contributed by atoms with E-state index in [9.17, 15) is 9.90 Å². The first kappa shape index (κ1) is 26.8. The molecule has 0 radical (unpaired) electrons. The van der Waals surface area contributed by atoms with Crippen LogP contribution in [0, 0.1) is 6.92 Å². The van der Waals surface area contributed by atoms with E-state index in [1.807, 2.05) is 66.7 Å². The first-order valence-corrected chi connectivity index (χ1v) is 13.9. The van der Waals surface area contributed by atoms with Gasteiger partial charge in [0.2, 0.25) is 5.88 Å². The number of carbonyl (C=O) groups excluding carboxylic acids is 1. The van der Waals surface area contributed by atoms with Crippen molar-refractivity contribution in [3.63, 3.8) is 0 Å². The van der Waals surface area contributed by atoms with Crippen molar-refractivity contribution in [2.75, 3.05) is 39.8 Å². The van der Waals surface area contributed by atoms with Crippen molar-refractivity contribution < 1.29 is 23.8 Å². The minimum absolute atomic E-state index is 0.116. The number of hydrogen-bond acceptors (Lipinski definition) is 8. The van der Waals surface area contributed by atoms with Gasteiger partial charge in [0.05, 0.1) is 12.6 Å². The fourth-order valence-electron chi connectivity index (χ4n) is 5.76. The van der Waals surface area contributed by atoms with Crippen LogP contribution in [0.3, 0.4) is 0 Å². The molecule has 41 heavy (non-hydrogen) atoms. The van der Waals surface area contributed by atoms with E-state index in [2.05, 4.69) is 21.8 Å². The number of furan rings is 1. The van der Waals surface area contributed by atoms with E-state index in [1.54, 1.807) is 20.0 Å². The van der Waals surface area contributed by atoms with Crippen LogP contribution in [0.5, 0.6) is 17.4 Å². The Balaban J connectivity index is 1.62. The number of hydrogen-bond donors (Lipinski definition) is 1. The molecule has 1 aliphatic heterocycles. The molecule has 1 aliphatic rings. The van der Waals surface area contributed by atoms with Crippen LogP contribution in [0.15, 0.2) is 77.3 Å². The predicted molar refractivity (Wildman–Crippen MR) is 158 cm³/mol. The Hall–Kier alpha value is -4.40. The van der Waals surface area contributed by atoms with Gasteiger partial charge in [-0.15, -0.1) is 0 Å². The average molecular weight is 552 g/mol. The lowest BCUT2D eigenvalue weighted by Gasteiger charge is -2.39. The number of rotatable bonds is 7. The third-order valence-corrected chi connectivity index (χ3v) is 7.73. The van der Waals surface area contributed by atoms with Crippen LogP contribution in [0.25, 0.3) is 21.7 Å². The van der Waals surface area contributed by atoms with Crippen molar-refractivity contribution in [3.8, 4) is 17.4 Å². The van der Waals surface area contributed by atoms with Crippen LogP contribution in [-0.2, 0) is 4.74 Å². The maximum absolute atomic E-state index is 13.4. The van der Waals surface area contributed by atoms with Gasteiger partial charge in [0.25, 0.3) is 0 Å². The topological polar surface area (TPSA) is 88.3 Å². The number of aromatic hydroxyl groups is 1. The number of likely N-dealkylation sites (N-methyl/N-ethyl adjacent to an activating group) is 1. The molecule has 8 nitrogen and oxygen atoms in total. The number of esters is 1. The van der Waals surface area contributed by atoms with Gasteiger partial charge < -0.3 is 23.9 Å². The van der Waals surface area contributed by atoms with E-state index < -0.39 is 12.0 Å². The molecule has 1 N–H and O–H groups in total. The molecule has 210 valence electrons. The van der Waals surface area contributed by atoms with Gasteiger partial charge in [0, 0.05) is 60.2 Å². The number of phenolic OH excluding ortho intramolecular Hbond substituents is 1. The molecule has 6 rings (SSSR count). The van der Waals surface area contributed by atoms with Gasteiger partial charge >= 0.3 is 5.97 Å². The second kappa shape index (κ2) is 11.2. The summed E-state index contributed by atoms with van der Waals surface area (Å²) < 4.78 is 17.9. The molecular weight excluding hydrogens is 518 g/mol. The van der Waals surface area contributed by atoms with Gasteiger partial charge in [0.1, 0.15) is 28.4 Å². The predicted octanol–water partition coefficient (Wildman–Crippen LogP) is 6.30. The van der Waals surface area contributed by atoms with Crippen LogP contribution in [-0.4, -0.2) is 65.7 Å². The van der Waals surface area contributed by atoms with E-state index in [1.165, 1.54) is 0 Å². The van der Waals surface area contributed by atoms with Gasteiger partial charge in [-0.25, -0.2) is 9.78 Å². The quantitative estimate of drug-likeness (QED) is 0.236. The van der Waals surface area contributed by atoms with Crippen LogP contribution < -0.4 is 4.74 Å². The highest BCUT2D eigenvalue weighted by Gasteiger charge is 2.35. The summed E-state index contributed by atoms with van der Waals surface area (Å²) in [5, 5.41) is 14.0. The molecule has 0 saturated carbocycles. The molecular formula is C33H33N3O5. The SMILES string of the molecule is CCOC(=O)c1c(C)oc2c1c(C(c1ccnc(Oc3ccccc3)c1)N1CCN(C)CC1)c(O)c1ccccc12. The molecule has 0 amide bonds. The number of nitrogens with zero attached hydrogens (tertiary/aromatic N) is 3. The number of para-hydroxylation sites is 1. The van der Waals surface area contributed by atoms with E-state index in [0.717, 1.165) is 37.1 Å². The molecule has 1 saturated heterocycles. The van der Waals surface area contributed by atoms with Crippen molar-refractivity contribution in [1.29, 1.82) is 0 Å². The number of carbonyl (C=O) groups is 1. The van der Waals surface area contributed by atoms with E-state index in [4.69, 9.17) is 13.9 Å². The summed E-state index contributed by atoms with van der Waals surface area (Å²) in [4.78, 5) is 22.5. The molecule has 1 atom stereocenters. The molecule has 0 spiro atoms. The Labute approximate surface area is 238 Å². The second-order valence-electron chi connectivity index (χ2n) is 10.4. The van der Waals surface area contributed by atoms with E-state index >= 15 is 0 Å². The van der Waals surface area contributed by atoms with Crippen molar-refractivity contribution in [3.05, 3.63) is 95.4 Å². The maximum Gasteiger partial charge on any atom is 0.342 e. The molecule has 3 aromatic carbocycles. The standard InChI is InChI=1S/C33H33N3O5/c1-4-39-33(38)27-21(2)40-32-25-13-9-8-12-24(25)31(37)29(28(27)32)30(36-18-16-35(3)17-19-36)22-14-15-34-26(20-22)41-23-10-6-5-7-11-23/h5-15,20,30,37H,4,16-19H2,1-3H3. The number of aromatic nitrogens is 1. The first-order valence-electron chi connectivity index (χ1n) is 13.9. The summed E-state index contributed by atoms with van der Waals surface area (Å²) in [6.45, 7) is 7.03. The fraction of sp³-hybridized carbons (Fsp3) is 0.273. The third-order valence-electron chi connectivity index (χ3n) is 7.73. The number of ether oxygens (including phenoxy) is 2. The summed E-state index contributed by atoms with van der Waals surface area (Å²) in [5.41, 5.74) is 2.39. The smallest absolute Gasteiger partial charge is 0.342 e. The van der Waals surface area contributed by atoms with Gasteiger partial charge in [-0.2, -0.15) is 0 Å². The summed E-state index contributed by atoms with van der Waals surface area (Å²) in [6, 6.07) is 20.5. The minimum Gasteiger partial charge on any atom is -0.507 e. The lowest BCUT2D eigenvalue weighted by atomic mass is 9.89. The number of fused-ring (bicyclic) bond motifs is 3. The third kappa shape index (κ3) is 5.01. The molecule has 3 heterocycles. The molecule has 1 fully saturated rings. The molecule has 0 aliphatic carbocycles. The average Bonchev–Trinajstić information content (AvgIpc) is 3.33. The first-order chi connectivity index (χ1) is 20.0. The Morgan fingerprint density at radius 2 is 1.73 bits per heavy atom.